The number of benzene rings is 2. The highest BCUT2D eigenvalue weighted by molar-refractivity contribution is 5.86. The number of nitrogens with one attached hydrogen (secondary N) is 1. The molecule has 1 aliphatic rings. The van der Waals surface area contributed by atoms with Gasteiger partial charge in [-0.15, -0.1) is 12.4 Å². The summed E-state index contributed by atoms with van der Waals surface area (Å²) in [5, 5.41) is 2.79. The summed E-state index contributed by atoms with van der Waals surface area (Å²) in [7, 11) is 0. The van der Waals surface area contributed by atoms with Gasteiger partial charge in [0, 0.05) is 11.2 Å². The fourth-order valence-electron chi connectivity index (χ4n) is 2.30. The Labute approximate surface area is 136 Å². The lowest BCUT2D eigenvalue weighted by Gasteiger charge is -2.15. The molecule has 1 fully saturated rings. The zero-order chi connectivity index (χ0) is 14.7. The fourth-order valence-corrected chi connectivity index (χ4v) is 2.30. The third kappa shape index (κ3) is 3.78. The zero-order valence-electron chi connectivity index (χ0n) is 12.1. The summed E-state index contributed by atoms with van der Waals surface area (Å²) < 4.78 is 5.23. The molecule has 3 N–H and O–H groups in total. The van der Waals surface area contributed by atoms with Crippen molar-refractivity contribution in [3.8, 4) is 0 Å². The van der Waals surface area contributed by atoms with Crippen LogP contribution in [0, 0.1) is 0 Å². The van der Waals surface area contributed by atoms with Crippen LogP contribution in [-0.2, 0) is 16.9 Å². The van der Waals surface area contributed by atoms with E-state index in [0.29, 0.717) is 0 Å². The smallest absolute Gasteiger partial charge is 0.411 e. The minimum Gasteiger partial charge on any atom is -0.444 e. The summed E-state index contributed by atoms with van der Waals surface area (Å²) in [6, 6.07) is 17.2. The number of hydrogen-bond donors (Lipinski definition) is 2. The van der Waals surface area contributed by atoms with Crippen molar-refractivity contribution in [2.45, 2.75) is 25.0 Å². The molecular weight excluding hydrogens is 300 g/mol. The molecule has 0 aromatic heterocycles. The molecule has 0 heterocycles. The molecule has 0 aliphatic heterocycles. The molecule has 0 atom stereocenters. The Morgan fingerprint density at radius 3 is 2.41 bits per heavy atom. The topological polar surface area (TPSA) is 64.3 Å². The Morgan fingerprint density at radius 2 is 1.73 bits per heavy atom. The van der Waals surface area contributed by atoms with Crippen molar-refractivity contribution in [2.24, 2.45) is 5.73 Å². The lowest BCUT2D eigenvalue weighted by molar-refractivity contribution is 0.155. The van der Waals surface area contributed by atoms with E-state index in [9.17, 15) is 4.79 Å². The van der Waals surface area contributed by atoms with Crippen LogP contribution in [0.2, 0.25) is 0 Å². The number of amides is 1. The van der Waals surface area contributed by atoms with E-state index in [0.717, 1.165) is 29.7 Å². The van der Waals surface area contributed by atoms with E-state index in [-0.39, 0.29) is 24.6 Å². The quantitative estimate of drug-likeness (QED) is 0.901. The van der Waals surface area contributed by atoms with Gasteiger partial charge in [-0.2, -0.15) is 0 Å². The predicted molar refractivity (Wildman–Crippen MR) is 89.0 cm³/mol. The van der Waals surface area contributed by atoms with E-state index in [1.54, 1.807) is 0 Å². The van der Waals surface area contributed by atoms with E-state index >= 15 is 0 Å². The Hall–Kier alpha value is -2.04. The first-order chi connectivity index (χ1) is 10.2. The van der Waals surface area contributed by atoms with Gasteiger partial charge in [-0.05, 0) is 30.0 Å². The van der Waals surface area contributed by atoms with Gasteiger partial charge < -0.3 is 10.5 Å². The van der Waals surface area contributed by atoms with Crippen LogP contribution in [0.3, 0.4) is 0 Å². The van der Waals surface area contributed by atoms with Crippen LogP contribution in [0.1, 0.15) is 24.0 Å². The molecule has 0 saturated heterocycles. The highest BCUT2D eigenvalue weighted by Gasteiger charge is 2.41. The SMILES string of the molecule is Cl.NC1(c2ccccc2NC(=O)OCc2ccccc2)CC1. The Kier molecular flexibility index (Phi) is 5.06. The minimum atomic E-state index is -0.462. The van der Waals surface area contributed by atoms with Crippen LogP contribution in [0.4, 0.5) is 10.5 Å². The third-order valence-electron chi connectivity index (χ3n) is 3.70. The van der Waals surface area contributed by atoms with Gasteiger partial charge in [0.15, 0.2) is 0 Å². The average Bonchev–Trinajstić information content (AvgIpc) is 3.26. The number of para-hydroxylation sites is 1. The second kappa shape index (κ2) is 6.81. The maximum atomic E-state index is 11.9. The van der Waals surface area contributed by atoms with E-state index in [1.807, 2.05) is 54.6 Å². The molecule has 0 bridgehead atoms. The van der Waals surface area contributed by atoms with E-state index in [1.165, 1.54) is 0 Å². The van der Waals surface area contributed by atoms with Crippen molar-refractivity contribution in [1.29, 1.82) is 0 Å². The number of halogens is 1. The molecule has 2 aromatic carbocycles. The highest BCUT2D eigenvalue weighted by Crippen LogP contribution is 2.45. The van der Waals surface area contributed by atoms with Gasteiger partial charge in [0.05, 0.1) is 0 Å². The number of carbonyl (C=O) groups is 1. The van der Waals surface area contributed by atoms with Gasteiger partial charge in [0.1, 0.15) is 6.61 Å². The maximum absolute atomic E-state index is 11.9. The van der Waals surface area contributed by atoms with Crippen molar-refractivity contribution >= 4 is 24.2 Å². The molecule has 3 rings (SSSR count). The van der Waals surface area contributed by atoms with Gasteiger partial charge in [-0.25, -0.2) is 4.79 Å². The van der Waals surface area contributed by atoms with Gasteiger partial charge >= 0.3 is 6.09 Å². The standard InChI is InChI=1S/C17H18N2O2.ClH/c18-17(10-11-17)14-8-4-5-9-15(14)19-16(20)21-12-13-6-2-1-3-7-13;/h1-9H,10-12,18H2,(H,19,20);1H. The second-order valence-electron chi connectivity index (χ2n) is 5.39. The van der Waals surface area contributed by atoms with Crippen molar-refractivity contribution in [1.82, 2.24) is 0 Å². The normalized spacial score (nSPS) is 14.6. The molecule has 0 radical (unpaired) electrons. The van der Waals surface area contributed by atoms with Crippen molar-refractivity contribution < 1.29 is 9.53 Å². The second-order valence-corrected chi connectivity index (χ2v) is 5.39. The molecule has 2 aromatic rings. The molecule has 4 nitrogen and oxygen atoms in total. The number of nitrogens with two attached hydrogens (primary N) is 1. The number of carbonyl (C=O) groups excluding carboxylic acids is 1. The van der Waals surface area contributed by atoms with Gasteiger partial charge in [-0.1, -0.05) is 48.5 Å². The molecule has 5 heteroatoms. The summed E-state index contributed by atoms with van der Waals surface area (Å²) in [4.78, 5) is 11.9. The minimum absolute atomic E-state index is 0. The summed E-state index contributed by atoms with van der Waals surface area (Å²) >= 11 is 0. The summed E-state index contributed by atoms with van der Waals surface area (Å²) in [6.45, 7) is 0.253. The monoisotopic (exact) mass is 318 g/mol. The van der Waals surface area contributed by atoms with Crippen LogP contribution in [0.5, 0.6) is 0 Å². The van der Waals surface area contributed by atoms with Crippen LogP contribution in [0.25, 0.3) is 0 Å². The number of anilines is 1. The first-order valence-corrected chi connectivity index (χ1v) is 7.03. The zero-order valence-corrected chi connectivity index (χ0v) is 12.9. The first kappa shape index (κ1) is 16.3. The van der Waals surface area contributed by atoms with Crippen LogP contribution < -0.4 is 11.1 Å². The van der Waals surface area contributed by atoms with Crippen molar-refractivity contribution in [3.63, 3.8) is 0 Å². The van der Waals surface area contributed by atoms with Crippen molar-refractivity contribution in [3.05, 3.63) is 65.7 Å². The largest absolute Gasteiger partial charge is 0.444 e. The molecule has 1 aliphatic carbocycles. The Bertz CT molecular complexity index is 642. The molecule has 1 amide bonds. The predicted octanol–water partition coefficient (Wildman–Crippen LogP) is 3.80. The number of hydrogen-bond acceptors (Lipinski definition) is 3. The maximum Gasteiger partial charge on any atom is 0.411 e. The van der Waals surface area contributed by atoms with Crippen LogP contribution >= 0.6 is 12.4 Å². The summed E-state index contributed by atoms with van der Waals surface area (Å²) in [5.41, 5.74) is 8.59. The molecular formula is C17H19ClN2O2. The lowest BCUT2D eigenvalue weighted by Crippen LogP contribution is -2.22. The third-order valence-corrected chi connectivity index (χ3v) is 3.70. The average molecular weight is 319 g/mol. The molecule has 22 heavy (non-hydrogen) atoms. The Balaban J connectivity index is 0.00000176. The van der Waals surface area contributed by atoms with Gasteiger partial charge in [-0.3, -0.25) is 5.32 Å². The molecule has 116 valence electrons. The molecule has 0 unspecified atom stereocenters. The molecule has 0 spiro atoms. The lowest BCUT2D eigenvalue weighted by atomic mass is 10.0. The van der Waals surface area contributed by atoms with Crippen LogP contribution in [-0.4, -0.2) is 6.09 Å². The van der Waals surface area contributed by atoms with Crippen LogP contribution in [0.15, 0.2) is 54.6 Å². The van der Waals surface area contributed by atoms with E-state index < -0.39 is 6.09 Å². The van der Waals surface area contributed by atoms with E-state index in [4.69, 9.17) is 10.5 Å². The highest BCUT2D eigenvalue weighted by atomic mass is 35.5. The van der Waals surface area contributed by atoms with Gasteiger partial charge in [0.2, 0.25) is 0 Å². The fraction of sp³-hybridized carbons (Fsp3) is 0.235. The number of ether oxygens (including phenoxy) is 1. The van der Waals surface area contributed by atoms with Gasteiger partial charge in [0.25, 0.3) is 0 Å². The molecule has 1 saturated carbocycles. The van der Waals surface area contributed by atoms with Crippen molar-refractivity contribution in [2.75, 3.05) is 5.32 Å². The summed E-state index contributed by atoms with van der Waals surface area (Å²) in [6.07, 6.45) is 1.44. The Morgan fingerprint density at radius 1 is 1.09 bits per heavy atom. The van der Waals surface area contributed by atoms with E-state index in [2.05, 4.69) is 5.32 Å². The first-order valence-electron chi connectivity index (χ1n) is 7.03. The summed E-state index contributed by atoms with van der Waals surface area (Å²) in [5.74, 6) is 0. The number of rotatable bonds is 4.